The first-order valence-corrected chi connectivity index (χ1v) is 7.38. The molecular weight excluding hydrogens is 284 g/mol. The highest BCUT2D eigenvalue weighted by Crippen LogP contribution is 2.45. The van der Waals surface area contributed by atoms with Gasteiger partial charge in [-0.15, -0.1) is 11.3 Å². The topological polar surface area (TPSA) is 35.5 Å². The summed E-state index contributed by atoms with van der Waals surface area (Å²) in [5.41, 5.74) is 1.48. The summed E-state index contributed by atoms with van der Waals surface area (Å²) in [6.07, 6.45) is 0. The number of methoxy groups -OCH3 is 1. The van der Waals surface area contributed by atoms with Crippen LogP contribution < -0.4 is 0 Å². The van der Waals surface area contributed by atoms with Gasteiger partial charge in [0.2, 0.25) is 0 Å². The molecule has 21 heavy (non-hydrogen) atoms. The third kappa shape index (κ3) is 2.38. The normalized spacial score (nSPS) is 17.8. The number of hydrogen-bond acceptors (Lipinski definition) is 4. The molecule has 1 aliphatic heterocycles. The van der Waals surface area contributed by atoms with E-state index in [2.05, 4.69) is 6.58 Å². The van der Waals surface area contributed by atoms with Gasteiger partial charge < -0.3 is 9.47 Å². The number of esters is 1. The summed E-state index contributed by atoms with van der Waals surface area (Å²) in [5.74, 6) is 0.419. The quantitative estimate of drug-likeness (QED) is 0.805. The van der Waals surface area contributed by atoms with Crippen LogP contribution in [0.3, 0.4) is 0 Å². The number of rotatable bonds is 3. The van der Waals surface area contributed by atoms with Crippen LogP contribution in [0.15, 0.2) is 65.8 Å². The number of allylic oxidation sites excluding steroid dienone is 1. The maximum atomic E-state index is 12.3. The second kappa shape index (κ2) is 5.58. The Balaban J connectivity index is 2.15. The Morgan fingerprint density at radius 1 is 1.24 bits per heavy atom. The van der Waals surface area contributed by atoms with Gasteiger partial charge in [-0.1, -0.05) is 43.0 Å². The van der Waals surface area contributed by atoms with Crippen LogP contribution in [0.4, 0.5) is 0 Å². The van der Waals surface area contributed by atoms with Crippen molar-refractivity contribution in [2.45, 2.75) is 5.92 Å². The van der Waals surface area contributed by atoms with Gasteiger partial charge in [0.05, 0.1) is 23.5 Å². The molecule has 2 heterocycles. The molecule has 0 saturated carbocycles. The van der Waals surface area contributed by atoms with Crippen LogP contribution in [0.25, 0.3) is 5.76 Å². The van der Waals surface area contributed by atoms with Crippen molar-refractivity contribution >= 4 is 23.1 Å². The Morgan fingerprint density at radius 3 is 2.62 bits per heavy atom. The maximum absolute atomic E-state index is 12.3. The van der Waals surface area contributed by atoms with E-state index in [0.29, 0.717) is 17.1 Å². The molecule has 3 nitrogen and oxygen atoms in total. The van der Waals surface area contributed by atoms with Gasteiger partial charge in [-0.2, -0.15) is 0 Å². The molecule has 0 saturated heterocycles. The molecule has 1 atom stereocenters. The SMILES string of the molecule is C=C1OC(c2cccs2)=C(C(=O)OC)[C@H]1c1ccccc1. The Kier molecular flexibility index (Phi) is 3.62. The number of carbonyl (C=O) groups excluding carboxylic acids is 1. The Morgan fingerprint density at radius 2 is 2.00 bits per heavy atom. The summed E-state index contributed by atoms with van der Waals surface area (Å²) in [6.45, 7) is 3.97. The van der Waals surface area contributed by atoms with E-state index in [1.54, 1.807) is 0 Å². The maximum Gasteiger partial charge on any atom is 0.338 e. The van der Waals surface area contributed by atoms with Crippen molar-refractivity contribution in [2.75, 3.05) is 7.11 Å². The van der Waals surface area contributed by atoms with Crippen molar-refractivity contribution in [3.8, 4) is 0 Å². The molecule has 0 bridgehead atoms. The van der Waals surface area contributed by atoms with Gasteiger partial charge in [0.25, 0.3) is 0 Å². The van der Waals surface area contributed by atoms with Crippen LogP contribution >= 0.6 is 11.3 Å². The van der Waals surface area contributed by atoms with E-state index in [0.717, 1.165) is 10.4 Å². The minimum Gasteiger partial charge on any atom is -0.466 e. The van der Waals surface area contributed by atoms with Crippen molar-refractivity contribution in [2.24, 2.45) is 0 Å². The van der Waals surface area contributed by atoms with Gasteiger partial charge in [-0.25, -0.2) is 4.79 Å². The smallest absolute Gasteiger partial charge is 0.338 e. The Bertz CT molecular complexity index is 699. The van der Waals surface area contributed by atoms with E-state index in [1.807, 2.05) is 47.8 Å². The fourth-order valence-electron chi connectivity index (χ4n) is 2.45. The van der Waals surface area contributed by atoms with Gasteiger partial charge in [0.15, 0.2) is 5.76 Å². The molecule has 4 heteroatoms. The summed E-state index contributed by atoms with van der Waals surface area (Å²) in [6, 6.07) is 13.6. The van der Waals surface area contributed by atoms with Crippen LogP contribution in [0.2, 0.25) is 0 Å². The molecule has 0 radical (unpaired) electrons. The zero-order valence-corrected chi connectivity index (χ0v) is 12.4. The highest BCUT2D eigenvalue weighted by molar-refractivity contribution is 7.11. The number of carbonyl (C=O) groups is 1. The lowest BCUT2D eigenvalue weighted by Crippen LogP contribution is -2.11. The zero-order chi connectivity index (χ0) is 14.8. The first kappa shape index (κ1) is 13.6. The van der Waals surface area contributed by atoms with Crippen molar-refractivity contribution in [3.05, 3.63) is 76.2 Å². The van der Waals surface area contributed by atoms with E-state index in [4.69, 9.17) is 9.47 Å². The second-order valence-electron chi connectivity index (χ2n) is 4.62. The molecule has 0 spiro atoms. The van der Waals surface area contributed by atoms with Gasteiger partial charge in [0.1, 0.15) is 5.76 Å². The fraction of sp³-hybridized carbons (Fsp3) is 0.118. The van der Waals surface area contributed by atoms with E-state index in [-0.39, 0.29) is 11.9 Å². The Hall–Kier alpha value is -2.33. The average molecular weight is 298 g/mol. The van der Waals surface area contributed by atoms with Crippen LogP contribution in [-0.4, -0.2) is 13.1 Å². The summed E-state index contributed by atoms with van der Waals surface area (Å²) in [7, 11) is 1.38. The van der Waals surface area contributed by atoms with Gasteiger partial charge in [-0.3, -0.25) is 0 Å². The molecule has 2 aromatic rings. The monoisotopic (exact) mass is 298 g/mol. The van der Waals surface area contributed by atoms with Gasteiger partial charge in [0, 0.05) is 0 Å². The zero-order valence-electron chi connectivity index (χ0n) is 11.5. The standard InChI is InChI=1S/C17H14O3S/c1-11-14(12-7-4-3-5-8-12)15(17(18)19-2)16(20-11)13-9-6-10-21-13/h3-10,14H,1H2,2H3/t14-/m1/s1. The lowest BCUT2D eigenvalue weighted by Gasteiger charge is -2.12. The van der Waals surface area contributed by atoms with Gasteiger partial charge >= 0.3 is 5.97 Å². The van der Waals surface area contributed by atoms with E-state index >= 15 is 0 Å². The molecule has 0 aliphatic carbocycles. The number of benzene rings is 1. The summed E-state index contributed by atoms with van der Waals surface area (Å²) < 4.78 is 10.8. The van der Waals surface area contributed by atoms with Crippen molar-refractivity contribution in [3.63, 3.8) is 0 Å². The highest BCUT2D eigenvalue weighted by Gasteiger charge is 2.38. The predicted octanol–water partition coefficient (Wildman–Crippen LogP) is 3.96. The summed E-state index contributed by atoms with van der Waals surface area (Å²) in [5, 5.41) is 1.94. The molecule has 0 N–H and O–H groups in total. The third-order valence-electron chi connectivity index (χ3n) is 3.37. The predicted molar refractivity (Wildman–Crippen MR) is 82.7 cm³/mol. The minimum absolute atomic E-state index is 0.296. The minimum atomic E-state index is -0.383. The molecule has 1 aliphatic rings. The van der Waals surface area contributed by atoms with E-state index in [1.165, 1.54) is 18.4 Å². The lowest BCUT2D eigenvalue weighted by atomic mass is 9.90. The van der Waals surface area contributed by atoms with Crippen LogP contribution in [0, 0.1) is 0 Å². The summed E-state index contributed by atoms with van der Waals surface area (Å²) in [4.78, 5) is 13.2. The third-order valence-corrected chi connectivity index (χ3v) is 4.24. The first-order valence-electron chi connectivity index (χ1n) is 6.50. The van der Waals surface area contributed by atoms with Gasteiger partial charge in [-0.05, 0) is 17.0 Å². The molecule has 1 aromatic heterocycles. The number of hydrogen-bond donors (Lipinski definition) is 0. The van der Waals surface area contributed by atoms with E-state index in [9.17, 15) is 4.79 Å². The average Bonchev–Trinajstić information content (AvgIpc) is 3.14. The fourth-order valence-corrected chi connectivity index (χ4v) is 3.17. The molecule has 0 unspecified atom stereocenters. The molecule has 106 valence electrons. The molecule has 0 fully saturated rings. The Labute approximate surface area is 127 Å². The largest absolute Gasteiger partial charge is 0.466 e. The number of ether oxygens (including phenoxy) is 2. The molecule has 3 rings (SSSR count). The lowest BCUT2D eigenvalue weighted by molar-refractivity contribution is -0.136. The van der Waals surface area contributed by atoms with Crippen molar-refractivity contribution in [1.29, 1.82) is 0 Å². The molecule has 0 amide bonds. The van der Waals surface area contributed by atoms with Crippen molar-refractivity contribution < 1.29 is 14.3 Å². The van der Waals surface area contributed by atoms with Crippen molar-refractivity contribution in [1.82, 2.24) is 0 Å². The van der Waals surface area contributed by atoms with E-state index < -0.39 is 0 Å². The number of thiophene rings is 1. The second-order valence-corrected chi connectivity index (χ2v) is 5.57. The molecular formula is C17H14O3S. The molecule has 1 aromatic carbocycles. The first-order chi connectivity index (χ1) is 10.2. The van der Waals surface area contributed by atoms with Crippen LogP contribution in [-0.2, 0) is 14.3 Å². The van der Waals surface area contributed by atoms with Crippen LogP contribution in [0.1, 0.15) is 16.4 Å². The highest BCUT2D eigenvalue weighted by atomic mass is 32.1. The summed E-state index contributed by atoms with van der Waals surface area (Å²) >= 11 is 1.52. The van der Waals surface area contributed by atoms with Crippen LogP contribution in [0.5, 0.6) is 0 Å².